The van der Waals surface area contributed by atoms with Crippen molar-refractivity contribution in [1.29, 1.82) is 0 Å². The maximum absolute atomic E-state index is 6.23. The van der Waals surface area contributed by atoms with Crippen molar-refractivity contribution in [1.82, 2.24) is 4.90 Å². The summed E-state index contributed by atoms with van der Waals surface area (Å²) in [5, 5.41) is 0. The number of ether oxygens (including phenoxy) is 1. The van der Waals surface area contributed by atoms with Gasteiger partial charge in [0.1, 0.15) is 5.75 Å². The Labute approximate surface area is 168 Å². The van der Waals surface area contributed by atoms with Gasteiger partial charge in [-0.2, -0.15) is 0 Å². The number of hydrogen-bond donors (Lipinski definition) is 1. The second kappa shape index (κ2) is 7.44. The number of piperidine rings is 1. The third kappa shape index (κ3) is 3.20. The van der Waals surface area contributed by atoms with Crippen LogP contribution in [0.15, 0.2) is 42.5 Å². The smallest absolute Gasteiger partial charge is 0.122 e. The van der Waals surface area contributed by atoms with E-state index in [0.717, 1.165) is 34.9 Å². The third-order valence-corrected chi connectivity index (χ3v) is 7.64. The van der Waals surface area contributed by atoms with E-state index in [-0.39, 0.29) is 0 Å². The molecule has 3 aliphatic rings. The molecular weight excluding hydrogens is 344 g/mol. The van der Waals surface area contributed by atoms with Crippen molar-refractivity contribution in [3.8, 4) is 16.9 Å². The van der Waals surface area contributed by atoms with Crippen molar-refractivity contribution in [2.45, 2.75) is 50.5 Å². The molecule has 0 spiro atoms. The second-order valence-corrected chi connectivity index (χ2v) is 9.10. The first-order valence-corrected chi connectivity index (χ1v) is 11.0. The van der Waals surface area contributed by atoms with Crippen LogP contribution in [0.5, 0.6) is 5.75 Å². The van der Waals surface area contributed by atoms with Crippen molar-refractivity contribution < 1.29 is 4.74 Å². The first-order valence-electron chi connectivity index (χ1n) is 11.0. The Kier molecular flexibility index (Phi) is 4.80. The molecular formula is C25H32N2O. The summed E-state index contributed by atoms with van der Waals surface area (Å²) in [6.45, 7) is 2.47. The number of methoxy groups -OCH3 is 1. The van der Waals surface area contributed by atoms with E-state index in [1.54, 1.807) is 7.11 Å². The molecule has 2 saturated carbocycles. The Balaban J connectivity index is 1.34. The Bertz CT molecular complexity index is 840. The van der Waals surface area contributed by atoms with E-state index in [9.17, 15) is 0 Å². The number of likely N-dealkylation sites (tertiary alicyclic amines) is 1. The van der Waals surface area contributed by atoms with Gasteiger partial charge in [-0.25, -0.2) is 0 Å². The zero-order chi connectivity index (χ0) is 19.1. The lowest BCUT2D eigenvalue weighted by molar-refractivity contribution is 0.110. The molecule has 148 valence electrons. The standard InChI is InChI=1S/C25H32N2O/c1-28-25-9-8-19(21-4-2-3-5-23(21)26)16-22(25)18-10-12-27(13-11-18)24-15-17-6-7-20(24)14-17/h2-5,8-9,16-18,20,24H,6-7,10-15,26H2,1H3/t17-,20-,24-/m0/s1. The molecule has 2 aromatic carbocycles. The van der Waals surface area contributed by atoms with Crippen LogP contribution in [-0.2, 0) is 0 Å². The van der Waals surface area contributed by atoms with Crippen LogP contribution in [0.2, 0.25) is 0 Å². The lowest BCUT2D eigenvalue weighted by atomic mass is 9.85. The lowest BCUT2D eigenvalue weighted by Gasteiger charge is -2.40. The molecule has 0 aromatic heterocycles. The lowest BCUT2D eigenvalue weighted by Crippen LogP contribution is -2.43. The number of nitrogen functional groups attached to an aromatic ring is 1. The minimum Gasteiger partial charge on any atom is -0.496 e. The van der Waals surface area contributed by atoms with E-state index >= 15 is 0 Å². The zero-order valence-corrected chi connectivity index (χ0v) is 16.9. The van der Waals surface area contributed by atoms with Gasteiger partial charge in [0.05, 0.1) is 7.11 Å². The van der Waals surface area contributed by atoms with Gasteiger partial charge in [-0.3, -0.25) is 0 Å². The van der Waals surface area contributed by atoms with Crippen LogP contribution in [0, 0.1) is 11.8 Å². The predicted molar refractivity (Wildman–Crippen MR) is 116 cm³/mol. The minimum atomic E-state index is 0.578. The molecule has 0 amide bonds. The summed E-state index contributed by atoms with van der Waals surface area (Å²) in [5.74, 6) is 3.62. The number of nitrogens with zero attached hydrogens (tertiary/aromatic N) is 1. The van der Waals surface area contributed by atoms with Crippen LogP contribution >= 0.6 is 0 Å². The fourth-order valence-electron chi connectivity index (χ4n) is 6.18. The highest BCUT2D eigenvalue weighted by atomic mass is 16.5. The summed E-state index contributed by atoms with van der Waals surface area (Å²) >= 11 is 0. The van der Waals surface area contributed by atoms with Crippen LogP contribution in [0.1, 0.15) is 50.0 Å². The van der Waals surface area contributed by atoms with Crippen LogP contribution in [-0.4, -0.2) is 31.1 Å². The third-order valence-electron chi connectivity index (χ3n) is 7.64. The van der Waals surface area contributed by atoms with E-state index in [0.29, 0.717) is 5.92 Å². The quantitative estimate of drug-likeness (QED) is 0.735. The van der Waals surface area contributed by atoms with Crippen molar-refractivity contribution in [3.05, 3.63) is 48.0 Å². The van der Waals surface area contributed by atoms with Crippen LogP contribution < -0.4 is 10.5 Å². The Morgan fingerprint density at radius 1 is 0.964 bits per heavy atom. The van der Waals surface area contributed by atoms with E-state index < -0.39 is 0 Å². The Hall–Kier alpha value is -2.00. The molecule has 0 unspecified atom stereocenters. The molecule has 2 aromatic rings. The molecule has 1 aliphatic heterocycles. The summed E-state index contributed by atoms with van der Waals surface area (Å²) in [6.07, 6.45) is 8.39. The average molecular weight is 377 g/mol. The highest BCUT2D eigenvalue weighted by molar-refractivity contribution is 5.77. The fraction of sp³-hybridized carbons (Fsp3) is 0.520. The van der Waals surface area contributed by atoms with Crippen molar-refractivity contribution in [2.24, 2.45) is 11.8 Å². The number of hydrogen-bond acceptors (Lipinski definition) is 3. The predicted octanol–water partition coefficient (Wildman–Crippen LogP) is 5.31. The van der Waals surface area contributed by atoms with Gasteiger partial charge in [0.2, 0.25) is 0 Å². The molecule has 2 N–H and O–H groups in total. The average Bonchev–Trinajstić information content (AvgIpc) is 3.38. The second-order valence-electron chi connectivity index (χ2n) is 9.10. The molecule has 2 bridgehead atoms. The molecule has 3 atom stereocenters. The van der Waals surface area contributed by atoms with Gasteiger partial charge in [0, 0.05) is 17.3 Å². The first-order chi connectivity index (χ1) is 13.7. The summed E-state index contributed by atoms with van der Waals surface area (Å²) in [4.78, 5) is 2.81. The number of fused-ring (bicyclic) bond motifs is 2. The fourth-order valence-corrected chi connectivity index (χ4v) is 6.18. The van der Waals surface area contributed by atoms with Gasteiger partial charge < -0.3 is 15.4 Å². The van der Waals surface area contributed by atoms with Crippen molar-refractivity contribution in [2.75, 3.05) is 25.9 Å². The number of anilines is 1. The van der Waals surface area contributed by atoms with E-state index in [1.165, 1.54) is 62.7 Å². The highest BCUT2D eigenvalue weighted by Crippen LogP contribution is 2.48. The number of nitrogens with two attached hydrogens (primary N) is 1. The monoisotopic (exact) mass is 376 g/mol. The zero-order valence-electron chi connectivity index (χ0n) is 16.9. The molecule has 5 rings (SSSR count). The summed E-state index contributed by atoms with van der Waals surface area (Å²) in [6, 6.07) is 15.6. The van der Waals surface area contributed by atoms with E-state index in [1.807, 2.05) is 12.1 Å². The number of rotatable bonds is 4. The molecule has 3 heteroatoms. The van der Waals surface area contributed by atoms with Gasteiger partial charge in [0.15, 0.2) is 0 Å². The number of para-hydroxylation sites is 1. The highest BCUT2D eigenvalue weighted by Gasteiger charge is 2.43. The molecule has 3 fully saturated rings. The van der Waals surface area contributed by atoms with Crippen molar-refractivity contribution >= 4 is 5.69 Å². The first kappa shape index (κ1) is 18.1. The molecule has 3 nitrogen and oxygen atoms in total. The summed E-state index contributed by atoms with van der Waals surface area (Å²) in [7, 11) is 1.79. The van der Waals surface area contributed by atoms with Crippen molar-refractivity contribution in [3.63, 3.8) is 0 Å². The largest absolute Gasteiger partial charge is 0.496 e. The summed E-state index contributed by atoms with van der Waals surface area (Å²) < 4.78 is 5.74. The van der Waals surface area contributed by atoms with Crippen LogP contribution in [0.4, 0.5) is 5.69 Å². The minimum absolute atomic E-state index is 0.578. The van der Waals surface area contributed by atoms with E-state index in [2.05, 4.69) is 35.2 Å². The number of benzene rings is 2. The van der Waals surface area contributed by atoms with Gasteiger partial charge >= 0.3 is 0 Å². The molecule has 0 radical (unpaired) electrons. The van der Waals surface area contributed by atoms with Gasteiger partial charge in [0.25, 0.3) is 0 Å². The van der Waals surface area contributed by atoms with Gasteiger partial charge in [-0.15, -0.1) is 0 Å². The normalized spacial score (nSPS) is 28.0. The maximum Gasteiger partial charge on any atom is 0.122 e. The van der Waals surface area contributed by atoms with Crippen LogP contribution in [0.25, 0.3) is 11.1 Å². The van der Waals surface area contributed by atoms with E-state index in [4.69, 9.17) is 10.5 Å². The Morgan fingerprint density at radius 3 is 2.46 bits per heavy atom. The van der Waals surface area contributed by atoms with Gasteiger partial charge in [-0.05, 0) is 92.3 Å². The molecule has 1 saturated heterocycles. The Morgan fingerprint density at radius 2 is 1.79 bits per heavy atom. The van der Waals surface area contributed by atoms with Gasteiger partial charge in [-0.1, -0.05) is 30.7 Å². The summed E-state index contributed by atoms with van der Waals surface area (Å²) in [5.41, 5.74) is 10.7. The van der Waals surface area contributed by atoms with Crippen LogP contribution in [0.3, 0.4) is 0 Å². The molecule has 2 aliphatic carbocycles. The molecule has 28 heavy (non-hydrogen) atoms. The SMILES string of the molecule is COc1ccc(-c2ccccc2N)cc1C1CCN([C@H]2C[C@H]3CC[C@H]2C3)CC1. The topological polar surface area (TPSA) is 38.5 Å². The molecule has 1 heterocycles. The maximum atomic E-state index is 6.23.